The molecule has 0 aromatic carbocycles. The van der Waals surface area contributed by atoms with Crippen LogP contribution in [0.2, 0.25) is 0 Å². The number of piperidine rings is 1. The number of carbonyl (C=O) groups excluding carboxylic acids is 1. The van der Waals surface area contributed by atoms with Crippen LogP contribution >= 0.6 is 0 Å². The van der Waals surface area contributed by atoms with Gasteiger partial charge in [-0.15, -0.1) is 0 Å². The Morgan fingerprint density at radius 2 is 1.88 bits per heavy atom. The third kappa shape index (κ3) is 5.79. The predicted molar refractivity (Wildman–Crippen MR) is 98.2 cm³/mol. The average molecular weight is 345 g/mol. The van der Waals surface area contributed by atoms with Gasteiger partial charge in [0.25, 0.3) is 0 Å². The van der Waals surface area contributed by atoms with Gasteiger partial charge in [0, 0.05) is 38.1 Å². The van der Waals surface area contributed by atoms with Gasteiger partial charge in [-0.25, -0.2) is 0 Å². The molecule has 5 nitrogen and oxygen atoms in total. The maximum absolute atomic E-state index is 12.3. The van der Waals surface area contributed by atoms with Gasteiger partial charge >= 0.3 is 0 Å². The minimum absolute atomic E-state index is 0.0274. The third-order valence-electron chi connectivity index (χ3n) is 5.69. The van der Waals surface area contributed by atoms with Crippen molar-refractivity contribution < 1.29 is 9.90 Å². The van der Waals surface area contributed by atoms with Crippen LogP contribution in [0.4, 0.5) is 0 Å². The minimum Gasteiger partial charge on any atom is -0.389 e. The fraction of sp³-hybridized carbons (Fsp3) is 0.700. The van der Waals surface area contributed by atoms with Gasteiger partial charge in [-0.1, -0.05) is 19.3 Å². The smallest absolute Gasteiger partial charge is 0.223 e. The summed E-state index contributed by atoms with van der Waals surface area (Å²) >= 11 is 0. The number of aromatic nitrogens is 1. The number of amides is 1. The highest BCUT2D eigenvalue weighted by Gasteiger charge is 2.32. The molecule has 1 aromatic heterocycles. The molecule has 2 fully saturated rings. The number of nitrogens with one attached hydrogen (secondary N) is 1. The zero-order valence-corrected chi connectivity index (χ0v) is 15.1. The van der Waals surface area contributed by atoms with Crippen molar-refractivity contribution in [1.82, 2.24) is 15.2 Å². The van der Waals surface area contributed by atoms with Gasteiger partial charge < -0.3 is 15.3 Å². The molecule has 0 bridgehead atoms. The fourth-order valence-corrected chi connectivity index (χ4v) is 4.10. The molecule has 0 radical (unpaired) electrons. The summed E-state index contributed by atoms with van der Waals surface area (Å²) in [7, 11) is 0. The van der Waals surface area contributed by atoms with Gasteiger partial charge in [0.2, 0.25) is 5.91 Å². The Kier molecular flexibility index (Phi) is 6.43. The molecule has 3 rings (SSSR count). The molecule has 0 atom stereocenters. The van der Waals surface area contributed by atoms with Crippen LogP contribution in [0.5, 0.6) is 0 Å². The number of pyridine rings is 1. The predicted octanol–water partition coefficient (Wildman–Crippen LogP) is 2.29. The Bertz CT molecular complexity index is 535. The summed E-state index contributed by atoms with van der Waals surface area (Å²) in [6.45, 7) is 3.12. The highest BCUT2D eigenvalue weighted by Crippen LogP contribution is 2.30. The van der Waals surface area contributed by atoms with E-state index >= 15 is 0 Å². The number of nitrogens with zero attached hydrogens (tertiary/aromatic N) is 2. The zero-order valence-electron chi connectivity index (χ0n) is 15.1. The van der Waals surface area contributed by atoms with Gasteiger partial charge in [-0.3, -0.25) is 9.78 Å². The zero-order chi connectivity index (χ0) is 17.5. The molecule has 5 heteroatoms. The van der Waals surface area contributed by atoms with Crippen molar-refractivity contribution in [2.45, 2.75) is 69.4 Å². The molecule has 2 heterocycles. The number of carbonyl (C=O) groups is 1. The van der Waals surface area contributed by atoms with Crippen LogP contribution in [-0.4, -0.2) is 52.2 Å². The fourth-order valence-electron chi connectivity index (χ4n) is 4.10. The Balaban J connectivity index is 1.35. The van der Waals surface area contributed by atoms with Crippen molar-refractivity contribution in [3.05, 3.63) is 30.1 Å². The van der Waals surface area contributed by atoms with Crippen LogP contribution in [0.1, 0.15) is 56.9 Å². The van der Waals surface area contributed by atoms with E-state index in [4.69, 9.17) is 0 Å². The molecule has 1 aliphatic carbocycles. The molecule has 1 aromatic rings. The lowest BCUT2D eigenvalue weighted by Crippen LogP contribution is -2.47. The molecule has 0 unspecified atom stereocenters. The van der Waals surface area contributed by atoms with Crippen molar-refractivity contribution in [1.29, 1.82) is 0 Å². The van der Waals surface area contributed by atoms with Crippen LogP contribution in [-0.2, 0) is 11.2 Å². The molecule has 138 valence electrons. The van der Waals surface area contributed by atoms with E-state index in [0.29, 0.717) is 0 Å². The van der Waals surface area contributed by atoms with E-state index in [1.54, 1.807) is 0 Å². The first-order valence-corrected chi connectivity index (χ1v) is 9.76. The lowest BCUT2D eigenvalue weighted by atomic mass is 9.82. The lowest BCUT2D eigenvalue weighted by Gasteiger charge is -2.34. The maximum Gasteiger partial charge on any atom is 0.223 e. The summed E-state index contributed by atoms with van der Waals surface area (Å²) in [5.74, 6) is 0.0274. The summed E-state index contributed by atoms with van der Waals surface area (Å²) in [4.78, 5) is 18.8. The maximum atomic E-state index is 12.3. The number of rotatable bonds is 6. The second kappa shape index (κ2) is 8.77. The van der Waals surface area contributed by atoms with Crippen LogP contribution in [0.15, 0.2) is 24.5 Å². The van der Waals surface area contributed by atoms with Crippen molar-refractivity contribution in [2.24, 2.45) is 0 Å². The summed E-state index contributed by atoms with van der Waals surface area (Å²) in [5, 5.41) is 13.7. The largest absolute Gasteiger partial charge is 0.389 e. The Morgan fingerprint density at radius 1 is 1.20 bits per heavy atom. The molecular weight excluding hydrogens is 314 g/mol. The molecular formula is C20H31N3O2. The Morgan fingerprint density at radius 3 is 2.56 bits per heavy atom. The quantitative estimate of drug-likeness (QED) is 0.830. The number of hydrogen-bond acceptors (Lipinski definition) is 4. The topological polar surface area (TPSA) is 65.5 Å². The second-order valence-corrected chi connectivity index (χ2v) is 7.75. The van der Waals surface area contributed by atoms with Crippen LogP contribution in [0.3, 0.4) is 0 Å². The molecule has 0 spiro atoms. The monoisotopic (exact) mass is 345 g/mol. The first-order chi connectivity index (χ1) is 12.1. The molecule has 2 aliphatic rings. The Hall–Kier alpha value is -1.46. The van der Waals surface area contributed by atoms with Crippen molar-refractivity contribution >= 4 is 5.91 Å². The van der Waals surface area contributed by atoms with Gasteiger partial charge in [0.15, 0.2) is 0 Å². The van der Waals surface area contributed by atoms with Gasteiger partial charge in [-0.2, -0.15) is 0 Å². The summed E-state index contributed by atoms with van der Waals surface area (Å²) in [5.41, 5.74) is 0.569. The van der Waals surface area contributed by atoms with E-state index in [1.165, 1.54) is 12.0 Å². The molecule has 1 aliphatic heterocycles. The SMILES string of the molecule is O=C(CC1(O)CCCCC1)NC1CCN(CCc2ccncc2)CC1. The lowest BCUT2D eigenvalue weighted by molar-refractivity contribution is -0.128. The van der Waals surface area contributed by atoms with Gasteiger partial charge in [0.1, 0.15) is 0 Å². The number of aliphatic hydroxyl groups is 1. The second-order valence-electron chi connectivity index (χ2n) is 7.75. The van der Waals surface area contributed by atoms with E-state index < -0.39 is 5.60 Å². The van der Waals surface area contributed by atoms with Crippen LogP contribution in [0, 0.1) is 0 Å². The normalized spacial score (nSPS) is 21.8. The molecule has 2 N–H and O–H groups in total. The molecule has 1 saturated carbocycles. The van der Waals surface area contributed by atoms with Gasteiger partial charge in [-0.05, 0) is 49.8 Å². The van der Waals surface area contributed by atoms with Crippen LogP contribution in [0.25, 0.3) is 0 Å². The standard InChI is InChI=1S/C20H31N3O2/c24-19(16-20(25)9-2-1-3-10-20)22-18-7-14-23(15-8-18)13-6-17-4-11-21-12-5-17/h4-5,11-12,18,25H,1-3,6-10,13-16H2,(H,22,24). The summed E-state index contributed by atoms with van der Waals surface area (Å²) in [6.07, 6.45) is 11.8. The van der Waals surface area contributed by atoms with Crippen molar-refractivity contribution in [2.75, 3.05) is 19.6 Å². The van der Waals surface area contributed by atoms with E-state index in [1.807, 2.05) is 12.4 Å². The van der Waals surface area contributed by atoms with Crippen molar-refractivity contribution in [3.8, 4) is 0 Å². The van der Waals surface area contributed by atoms with E-state index in [2.05, 4.69) is 27.3 Å². The third-order valence-corrected chi connectivity index (χ3v) is 5.69. The first-order valence-electron chi connectivity index (χ1n) is 9.76. The average Bonchev–Trinajstić information content (AvgIpc) is 2.62. The summed E-state index contributed by atoms with van der Waals surface area (Å²) in [6, 6.07) is 4.41. The van der Waals surface area contributed by atoms with E-state index in [9.17, 15) is 9.90 Å². The minimum atomic E-state index is -0.756. The molecule has 25 heavy (non-hydrogen) atoms. The number of likely N-dealkylation sites (tertiary alicyclic amines) is 1. The Labute approximate surface area is 150 Å². The molecule has 1 saturated heterocycles. The highest BCUT2D eigenvalue weighted by atomic mass is 16.3. The van der Waals surface area contributed by atoms with E-state index in [-0.39, 0.29) is 18.4 Å². The summed E-state index contributed by atoms with van der Waals surface area (Å²) < 4.78 is 0. The van der Waals surface area contributed by atoms with E-state index in [0.717, 1.165) is 64.6 Å². The molecule has 1 amide bonds. The van der Waals surface area contributed by atoms with Crippen LogP contribution < -0.4 is 5.32 Å². The van der Waals surface area contributed by atoms with Gasteiger partial charge in [0.05, 0.1) is 12.0 Å². The highest BCUT2D eigenvalue weighted by molar-refractivity contribution is 5.77. The first kappa shape index (κ1) is 18.3. The van der Waals surface area contributed by atoms with Crippen molar-refractivity contribution in [3.63, 3.8) is 0 Å². The number of hydrogen-bond donors (Lipinski definition) is 2.